The van der Waals surface area contributed by atoms with E-state index in [0.29, 0.717) is 32.9 Å². The molecular formula is C20H20Cl4N2O3. The third-order valence-electron chi connectivity index (χ3n) is 4.12. The minimum Gasteiger partial charge on any atom is -0.482 e. The summed E-state index contributed by atoms with van der Waals surface area (Å²) in [6.07, 6.45) is 0. The summed E-state index contributed by atoms with van der Waals surface area (Å²) in [5.41, 5.74) is 0.657. The van der Waals surface area contributed by atoms with Crippen molar-refractivity contribution in [1.82, 2.24) is 10.2 Å². The number of carbonyl (C=O) groups is 2. The maximum absolute atomic E-state index is 12.9. The normalized spacial score (nSPS) is 11.7. The number of amides is 2. The SMILES string of the molecule is CCNC(=O)[C@H](C)N(Cc1ccc(Cl)cc1Cl)C(=O)COc1ccc(Cl)cc1Cl. The summed E-state index contributed by atoms with van der Waals surface area (Å²) in [4.78, 5) is 26.7. The number of ether oxygens (including phenoxy) is 1. The van der Waals surface area contributed by atoms with Crippen molar-refractivity contribution in [3.63, 3.8) is 0 Å². The van der Waals surface area contributed by atoms with Gasteiger partial charge >= 0.3 is 0 Å². The number of carbonyl (C=O) groups excluding carboxylic acids is 2. The summed E-state index contributed by atoms with van der Waals surface area (Å²) in [7, 11) is 0. The molecule has 0 unspecified atom stereocenters. The van der Waals surface area contributed by atoms with Crippen LogP contribution in [0.4, 0.5) is 0 Å². The summed E-state index contributed by atoms with van der Waals surface area (Å²) in [5, 5.41) is 4.34. The highest BCUT2D eigenvalue weighted by Crippen LogP contribution is 2.28. The Morgan fingerprint density at radius 3 is 2.24 bits per heavy atom. The fourth-order valence-electron chi connectivity index (χ4n) is 2.55. The molecule has 0 heterocycles. The molecule has 0 saturated carbocycles. The van der Waals surface area contributed by atoms with E-state index in [4.69, 9.17) is 51.1 Å². The summed E-state index contributed by atoms with van der Waals surface area (Å²) in [5.74, 6) is -0.365. The molecule has 0 aliphatic carbocycles. The highest BCUT2D eigenvalue weighted by molar-refractivity contribution is 6.35. The van der Waals surface area contributed by atoms with Crippen molar-refractivity contribution >= 4 is 58.2 Å². The highest BCUT2D eigenvalue weighted by Gasteiger charge is 2.27. The molecule has 0 saturated heterocycles. The molecule has 0 aromatic heterocycles. The topological polar surface area (TPSA) is 58.6 Å². The molecule has 0 radical (unpaired) electrons. The maximum atomic E-state index is 12.9. The van der Waals surface area contributed by atoms with Crippen LogP contribution < -0.4 is 10.1 Å². The van der Waals surface area contributed by atoms with E-state index in [1.165, 1.54) is 11.0 Å². The van der Waals surface area contributed by atoms with E-state index < -0.39 is 11.9 Å². The van der Waals surface area contributed by atoms with Gasteiger partial charge < -0.3 is 15.0 Å². The standard InChI is InChI=1S/C20H20Cl4N2O3/c1-3-25-20(28)12(2)26(10-13-4-5-14(21)8-16(13)23)19(27)11-29-18-7-6-15(22)9-17(18)24/h4-9,12H,3,10-11H2,1-2H3,(H,25,28)/t12-/m0/s1. The molecule has 0 aliphatic heterocycles. The van der Waals surface area contributed by atoms with Crippen LogP contribution in [0.25, 0.3) is 0 Å². The van der Waals surface area contributed by atoms with E-state index in [1.54, 1.807) is 44.2 Å². The molecule has 5 nitrogen and oxygen atoms in total. The van der Waals surface area contributed by atoms with Crippen molar-refractivity contribution in [2.24, 2.45) is 0 Å². The van der Waals surface area contributed by atoms with Gasteiger partial charge in [-0.3, -0.25) is 9.59 Å². The van der Waals surface area contributed by atoms with Crippen LogP contribution in [0.3, 0.4) is 0 Å². The Bertz CT molecular complexity index is 892. The second kappa shape index (κ2) is 10.9. The van der Waals surface area contributed by atoms with Crippen LogP contribution in [0, 0.1) is 0 Å². The number of nitrogens with zero attached hydrogens (tertiary/aromatic N) is 1. The molecule has 9 heteroatoms. The fourth-order valence-corrected chi connectivity index (χ4v) is 3.48. The van der Waals surface area contributed by atoms with Crippen molar-refractivity contribution in [3.8, 4) is 5.75 Å². The van der Waals surface area contributed by atoms with Crippen molar-refractivity contribution < 1.29 is 14.3 Å². The number of hydrogen-bond donors (Lipinski definition) is 1. The maximum Gasteiger partial charge on any atom is 0.261 e. The minimum atomic E-state index is -0.738. The third-order valence-corrected chi connectivity index (χ3v) is 5.24. The average Bonchev–Trinajstić information content (AvgIpc) is 2.66. The van der Waals surface area contributed by atoms with Crippen LogP contribution in [-0.4, -0.2) is 35.9 Å². The molecule has 0 aliphatic rings. The molecule has 1 atom stereocenters. The van der Waals surface area contributed by atoms with E-state index in [-0.39, 0.29) is 24.1 Å². The summed E-state index contributed by atoms with van der Waals surface area (Å²) in [6.45, 7) is 3.70. The number of hydrogen-bond acceptors (Lipinski definition) is 3. The molecule has 0 spiro atoms. The van der Waals surface area contributed by atoms with Gasteiger partial charge in [0.1, 0.15) is 11.8 Å². The Morgan fingerprint density at radius 1 is 1.03 bits per heavy atom. The van der Waals surface area contributed by atoms with Gasteiger partial charge in [-0.15, -0.1) is 0 Å². The minimum absolute atomic E-state index is 0.116. The Morgan fingerprint density at radius 2 is 1.66 bits per heavy atom. The molecule has 2 rings (SSSR count). The van der Waals surface area contributed by atoms with Gasteiger partial charge in [0.25, 0.3) is 5.91 Å². The van der Waals surface area contributed by atoms with Gasteiger partial charge in [-0.05, 0) is 49.7 Å². The van der Waals surface area contributed by atoms with Crippen molar-refractivity contribution in [3.05, 3.63) is 62.1 Å². The summed E-state index contributed by atoms with van der Waals surface area (Å²) in [6, 6.07) is 8.94. The lowest BCUT2D eigenvalue weighted by atomic mass is 10.1. The third kappa shape index (κ3) is 6.68. The molecule has 156 valence electrons. The van der Waals surface area contributed by atoms with Crippen LogP contribution in [0.1, 0.15) is 19.4 Å². The molecule has 2 aromatic carbocycles. The molecule has 1 N–H and O–H groups in total. The van der Waals surface area contributed by atoms with Crippen LogP contribution in [-0.2, 0) is 16.1 Å². The fraction of sp³-hybridized carbons (Fsp3) is 0.300. The molecule has 2 amide bonds. The van der Waals surface area contributed by atoms with E-state index in [1.807, 2.05) is 0 Å². The molecule has 29 heavy (non-hydrogen) atoms. The number of nitrogens with one attached hydrogen (secondary N) is 1. The number of benzene rings is 2. The first-order valence-corrected chi connectivity index (χ1v) is 10.3. The average molecular weight is 478 g/mol. The van der Waals surface area contributed by atoms with Crippen molar-refractivity contribution in [2.45, 2.75) is 26.4 Å². The van der Waals surface area contributed by atoms with Gasteiger partial charge in [0, 0.05) is 28.2 Å². The zero-order valence-electron chi connectivity index (χ0n) is 15.8. The first-order valence-electron chi connectivity index (χ1n) is 8.81. The Labute approximate surface area is 189 Å². The Kier molecular flexibility index (Phi) is 8.90. The first kappa shape index (κ1) is 23.6. The van der Waals surface area contributed by atoms with E-state index >= 15 is 0 Å². The second-order valence-electron chi connectivity index (χ2n) is 6.19. The quantitative estimate of drug-likeness (QED) is 0.566. The van der Waals surface area contributed by atoms with Gasteiger partial charge in [-0.25, -0.2) is 0 Å². The Hall–Kier alpha value is -1.66. The zero-order valence-corrected chi connectivity index (χ0v) is 18.9. The largest absolute Gasteiger partial charge is 0.482 e. The molecular weight excluding hydrogens is 458 g/mol. The predicted octanol–water partition coefficient (Wildman–Crippen LogP) is 5.23. The first-order chi connectivity index (χ1) is 13.7. The lowest BCUT2D eigenvalue weighted by Crippen LogP contribution is -2.49. The lowest BCUT2D eigenvalue weighted by molar-refractivity contribution is -0.142. The van der Waals surface area contributed by atoms with Gasteiger partial charge in [0.2, 0.25) is 5.91 Å². The summed E-state index contributed by atoms with van der Waals surface area (Å²) < 4.78 is 5.54. The highest BCUT2D eigenvalue weighted by atomic mass is 35.5. The number of likely N-dealkylation sites (N-methyl/N-ethyl adjacent to an activating group) is 1. The molecule has 2 aromatic rings. The van der Waals surface area contributed by atoms with Crippen molar-refractivity contribution in [1.29, 1.82) is 0 Å². The second-order valence-corrected chi connectivity index (χ2v) is 7.88. The smallest absolute Gasteiger partial charge is 0.261 e. The molecule has 0 fully saturated rings. The van der Waals surface area contributed by atoms with Crippen LogP contribution in [0.2, 0.25) is 20.1 Å². The monoisotopic (exact) mass is 476 g/mol. The number of rotatable bonds is 8. The summed E-state index contributed by atoms with van der Waals surface area (Å²) >= 11 is 24.1. The van der Waals surface area contributed by atoms with Crippen LogP contribution in [0.15, 0.2) is 36.4 Å². The van der Waals surface area contributed by atoms with E-state index in [9.17, 15) is 9.59 Å². The molecule has 0 bridgehead atoms. The van der Waals surface area contributed by atoms with Crippen LogP contribution in [0.5, 0.6) is 5.75 Å². The van der Waals surface area contributed by atoms with Gasteiger partial charge in [-0.2, -0.15) is 0 Å². The van der Waals surface area contributed by atoms with E-state index in [0.717, 1.165) is 0 Å². The van der Waals surface area contributed by atoms with Gasteiger partial charge in [-0.1, -0.05) is 52.5 Å². The van der Waals surface area contributed by atoms with Crippen LogP contribution >= 0.6 is 46.4 Å². The number of halogens is 4. The zero-order chi connectivity index (χ0) is 21.6. The Balaban J connectivity index is 2.20. The lowest BCUT2D eigenvalue weighted by Gasteiger charge is -2.29. The van der Waals surface area contributed by atoms with E-state index in [2.05, 4.69) is 5.32 Å². The van der Waals surface area contributed by atoms with Crippen molar-refractivity contribution in [2.75, 3.05) is 13.2 Å². The van der Waals surface area contributed by atoms with Gasteiger partial charge in [0.15, 0.2) is 6.61 Å². The predicted molar refractivity (Wildman–Crippen MR) is 117 cm³/mol. The van der Waals surface area contributed by atoms with Gasteiger partial charge in [0.05, 0.1) is 5.02 Å².